The van der Waals surface area contributed by atoms with Gasteiger partial charge in [-0.25, -0.2) is 0 Å². The van der Waals surface area contributed by atoms with E-state index < -0.39 is 0 Å². The van der Waals surface area contributed by atoms with Crippen LogP contribution in [0.4, 0.5) is 5.69 Å². The van der Waals surface area contributed by atoms with Crippen molar-refractivity contribution in [3.63, 3.8) is 0 Å². The van der Waals surface area contributed by atoms with Gasteiger partial charge in [0.1, 0.15) is 17.7 Å². The molecule has 1 aliphatic heterocycles. The first-order valence-corrected chi connectivity index (χ1v) is 5.63. The highest BCUT2D eigenvalue weighted by Gasteiger charge is 2.15. The Hall–Kier alpha value is -2.26. The second-order valence-corrected chi connectivity index (χ2v) is 4.20. The summed E-state index contributed by atoms with van der Waals surface area (Å²) < 4.78 is 0. The summed E-state index contributed by atoms with van der Waals surface area (Å²) in [5.41, 5.74) is 3.81. The summed E-state index contributed by atoms with van der Waals surface area (Å²) in [6, 6.07) is 10.1. The van der Waals surface area contributed by atoms with Crippen molar-refractivity contribution in [1.29, 1.82) is 10.5 Å². The minimum absolute atomic E-state index is 0.151. The fraction of sp³-hybridized carbons (Fsp3) is 0.286. The van der Waals surface area contributed by atoms with Gasteiger partial charge >= 0.3 is 0 Å². The predicted octanol–water partition coefficient (Wildman–Crippen LogP) is 2.68. The number of aryl methyl sites for hydroxylation is 2. The zero-order valence-corrected chi connectivity index (χ0v) is 9.77. The zero-order chi connectivity index (χ0) is 12.3. The smallest absolute Gasteiger partial charge is 0.145 e. The summed E-state index contributed by atoms with van der Waals surface area (Å²) in [6.45, 7) is 2.94. The van der Waals surface area contributed by atoms with Crippen molar-refractivity contribution in [3.05, 3.63) is 41.1 Å². The van der Waals surface area contributed by atoms with E-state index in [1.807, 2.05) is 17.0 Å². The van der Waals surface area contributed by atoms with Gasteiger partial charge in [0.25, 0.3) is 0 Å². The topological polar surface area (TPSA) is 50.8 Å². The summed E-state index contributed by atoms with van der Waals surface area (Å²) in [4.78, 5) is 2.00. The van der Waals surface area contributed by atoms with Crippen LogP contribution in [0.25, 0.3) is 0 Å². The maximum absolute atomic E-state index is 8.78. The maximum Gasteiger partial charge on any atom is 0.145 e. The maximum atomic E-state index is 8.78. The summed E-state index contributed by atoms with van der Waals surface area (Å²) in [5, 5.41) is 17.6. The molecule has 0 aromatic heterocycles. The molecule has 1 aromatic carbocycles. The molecule has 0 saturated carbocycles. The number of hydrogen-bond acceptors (Lipinski definition) is 3. The molecule has 0 radical (unpaired) electrons. The van der Waals surface area contributed by atoms with Gasteiger partial charge in [-0.3, -0.25) is 0 Å². The predicted molar refractivity (Wildman–Crippen MR) is 66.2 cm³/mol. The first-order valence-electron chi connectivity index (χ1n) is 5.63. The third-order valence-corrected chi connectivity index (χ3v) is 2.92. The van der Waals surface area contributed by atoms with E-state index in [0.717, 1.165) is 25.1 Å². The number of anilines is 1. The van der Waals surface area contributed by atoms with Gasteiger partial charge in [0.05, 0.1) is 0 Å². The number of fused-ring (bicyclic) bond motifs is 1. The first kappa shape index (κ1) is 11.2. The molecule has 0 saturated heterocycles. The Morgan fingerprint density at radius 1 is 1.35 bits per heavy atom. The normalized spacial score (nSPS) is 13.2. The summed E-state index contributed by atoms with van der Waals surface area (Å²) >= 11 is 0. The standard InChI is InChI=1S/C14H13N3/c1-11-4-5-14-13(7-11)3-2-6-17(14)10-12(8-15)9-16/h4-5,7,10H,2-3,6H2,1H3. The highest BCUT2D eigenvalue weighted by molar-refractivity contribution is 5.60. The lowest BCUT2D eigenvalue weighted by Gasteiger charge is -2.28. The fourth-order valence-corrected chi connectivity index (χ4v) is 2.13. The third-order valence-electron chi connectivity index (χ3n) is 2.92. The lowest BCUT2D eigenvalue weighted by Crippen LogP contribution is -2.24. The quantitative estimate of drug-likeness (QED) is 0.688. The summed E-state index contributed by atoms with van der Waals surface area (Å²) in [6.07, 6.45) is 3.76. The second kappa shape index (κ2) is 4.72. The largest absolute Gasteiger partial charge is 0.346 e. The van der Waals surface area contributed by atoms with Gasteiger partial charge in [0.2, 0.25) is 0 Å². The Kier molecular flexibility index (Phi) is 3.12. The van der Waals surface area contributed by atoms with E-state index in [0.29, 0.717) is 0 Å². The van der Waals surface area contributed by atoms with Crippen molar-refractivity contribution >= 4 is 5.69 Å². The molecule has 3 heteroatoms. The van der Waals surface area contributed by atoms with Crippen LogP contribution in [0.3, 0.4) is 0 Å². The molecular formula is C14H13N3. The average Bonchev–Trinajstić information content (AvgIpc) is 2.35. The van der Waals surface area contributed by atoms with E-state index in [2.05, 4.69) is 25.1 Å². The van der Waals surface area contributed by atoms with Gasteiger partial charge in [-0.1, -0.05) is 17.7 Å². The van der Waals surface area contributed by atoms with Gasteiger partial charge in [-0.05, 0) is 31.4 Å². The van der Waals surface area contributed by atoms with Crippen LogP contribution < -0.4 is 4.90 Å². The molecule has 0 spiro atoms. The summed E-state index contributed by atoms with van der Waals surface area (Å²) in [5.74, 6) is 0. The van der Waals surface area contributed by atoms with Crippen LogP contribution in [-0.4, -0.2) is 6.54 Å². The van der Waals surface area contributed by atoms with Crippen LogP contribution >= 0.6 is 0 Å². The van der Waals surface area contributed by atoms with E-state index in [1.165, 1.54) is 11.1 Å². The van der Waals surface area contributed by atoms with Crippen LogP contribution in [0, 0.1) is 29.6 Å². The molecule has 84 valence electrons. The lowest BCUT2D eigenvalue weighted by molar-refractivity contribution is 0.761. The van der Waals surface area contributed by atoms with Gasteiger partial charge < -0.3 is 4.90 Å². The molecule has 0 aliphatic carbocycles. The Morgan fingerprint density at radius 3 is 2.82 bits per heavy atom. The highest BCUT2D eigenvalue weighted by atomic mass is 15.1. The number of rotatable bonds is 1. The average molecular weight is 223 g/mol. The van der Waals surface area contributed by atoms with Gasteiger partial charge in [0, 0.05) is 18.4 Å². The second-order valence-electron chi connectivity index (χ2n) is 4.20. The minimum Gasteiger partial charge on any atom is -0.346 e. The number of hydrogen-bond donors (Lipinski definition) is 0. The van der Waals surface area contributed by atoms with Gasteiger partial charge in [0.15, 0.2) is 0 Å². The van der Waals surface area contributed by atoms with Crippen LogP contribution in [0.2, 0.25) is 0 Å². The molecule has 0 fully saturated rings. The van der Waals surface area contributed by atoms with E-state index in [-0.39, 0.29) is 5.57 Å². The Morgan fingerprint density at radius 2 is 2.12 bits per heavy atom. The molecule has 0 bridgehead atoms. The Bertz CT molecular complexity index is 528. The SMILES string of the molecule is Cc1ccc2c(c1)CCCN2C=C(C#N)C#N. The number of benzene rings is 1. The third kappa shape index (κ3) is 2.29. The molecule has 3 nitrogen and oxygen atoms in total. The Labute approximate surface area is 101 Å². The number of allylic oxidation sites excluding steroid dienone is 1. The lowest BCUT2D eigenvalue weighted by atomic mass is 10.00. The van der Waals surface area contributed by atoms with Crippen molar-refractivity contribution in [1.82, 2.24) is 0 Å². The summed E-state index contributed by atoms with van der Waals surface area (Å²) in [7, 11) is 0. The van der Waals surface area contributed by atoms with Crippen molar-refractivity contribution in [3.8, 4) is 12.1 Å². The van der Waals surface area contributed by atoms with Crippen molar-refractivity contribution < 1.29 is 0 Å². The highest BCUT2D eigenvalue weighted by Crippen LogP contribution is 2.28. The van der Waals surface area contributed by atoms with E-state index in [1.54, 1.807) is 6.20 Å². The van der Waals surface area contributed by atoms with Crippen LogP contribution in [-0.2, 0) is 6.42 Å². The molecule has 17 heavy (non-hydrogen) atoms. The molecule has 1 aliphatic rings. The first-order chi connectivity index (χ1) is 8.24. The van der Waals surface area contributed by atoms with E-state index in [4.69, 9.17) is 10.5 Å². The molecule has 1 aromatic rings. The van der Waals surface area contributed by atoms with Crippen LogP contribution in [0.15, 0.2) is 30.0 Å². The van der Waals surface area contributed by atoms with Crippen molar-refractivity contribution in [2.75, 3.05) is 11.4 Å². The molecule has 0 N–H and O–H groups in total. The monoisotopic (exact) mass is 223 g/mol. The fourth-order valence-electron chi connectivity index (χ4n) is 2.13. The molecule has 1 heterocycles. The van der Waals surface area contributed by atoms with E-state index >= 15 is 0 Å². The molecule has 0 atom stereocenters. The Balaban J connectivity index is 2.40. The molecule has 0 unspecified atom stereocenters. The van der Waals surface area contributed by atoms with Crippen molar-refractivity contribution in [2.24, 2.45) is 0 Å². The van der Waals surface area contributed by atoms with Crippen LogP contribution in [0.1, 0.15) is 17.5 Å². The van der Waals surface area contributed by atoms with Gasteiger partial charge in [-0.15, -0.1) is 0 Å². The molecule has 0 amide bonds. The number of nitriles is 2. The number of nitrogens with zero attached hydrogens (tertiary/aromatic N) is 3. The molecule has 2 rings (SSSR count). The minimum atomic E-state index is 0.151. The zero-order valence-electron chi connectivity index (χ0n) is 9.77. The van der Waals surface area contributed by atoms with Crippen molar-refractivity contribution in [2.45, 2.75) is 19.8 Å². The van der Waals surface area contributed by atoms with Gasteiger partial charge in [-0.2, -0.15) is 10.5 Å². The van der Waals surface area contributed by atoms with E-state index in [9.17, 15) is 0 Å². The molecular weight excluding hydrogens is 210 g/mol. The van der Waals surface area contributed by atoms with Crippen LogP contribution in [0.5, 0.6) is 0 Å².